The van der Waals surface area contributed by atoms with Crippen molar-refractivity contribution in [2.75, 3.05) is 0 Å². The molecular weight excluding hydrogens is 246 g/mol. The van der Waals surface area contributed by atoms with Gasteiger partial charge < -0.3 is 5.11 Å². The lowest BCUT2D eigenvalue weighted by molar-refractivity contribution is 0.0690. The van der Waals surface area contributed by atoms with Crippen molar-refractivity contribution in [2.45, 2.75) is 0 Å². The second kappa shape index (κ2) is 3.38. The summed E-state index contributed by atoms with van der Waals surface area (Å²) in [4.78, 5) is 14.8. The number of benzene rings is 1. The van der Waals surface area contributed by atoms with Crippen molar-refractivity contribution in [3.05, 3.63) is 40.5 Å². The fourth-order valence-corrected chi connectivity index (χ4v) is 1.74. The van der Waals surface area contributed by atoms with Crippen LogP contribution in [0.1, 0.15) is 10.5 Å². The van der Waals surface area contributed by atoms with Crippen LogP contribution in [-0.2, 0) is 0 Å². The number of carboxylic acids is 1. The number of carbonyl (C=O) groups is 1. The molecule has 2 aromatic rings. The quantitative estimate of drug-likeness (QED) is 0.848. The van der Waals surface area contributed by atoms with Crippen LogP contribution in [0.4, 0.5) is 0 Å². The lowest BCUT2D eigenvalue weighted by Gasteiger charge is -2.01. The van der Waals surface area contributed by atoms with Gasteiger partial charge in [-0.2, -0.15) is 0 Å². The smallest absolute Gasteiger partial charge is 0.355 e. The highest BCUT2D eigenvalue weighted by molar-refractivity contribution is 9.10. The molecule has 0 aliphatic carbocycles. The highest BCUT2D eigenvalue weighted by Crippen LogP contribution is 2.21. The molecule has 0 fully saturated rings. The number of hydrogen-bond donors (Lipinski definition) is 1. The minimum absolute atomic E-state index is 0.0451. The van der Waals surface area contributed by atoms with Crippen LogP contribution in [-0.4, -0.2) is 16.1 Å². The summed E-state index contributed by atoms with van der Waals surface area (Å²) in [5, 5.41) is 9.75. The molecule has 2 rings (SSSR count). The predicted octanol–water partition coefficient (Wildman–Crippen LogP) is 2.70. The van der Waals surface area contributed by atoms with Gasteiger partial charge in [0.2, 0.25) is 0 Å². The van der Waals surface area contributed by atoms with Gasteiger partial charge in [0.25, 0.3) is 0 Å². The summed E-state index contributed by atoms with van der Waals surface area (Å²) in [5.41, 5.74) is 0.733. The summed E-state index contributed by atoms with van der Waals surface area (Å²) in [6.07, 6.45) is 0. The average Bonchev–Trinajstić information content (AvgIpc) is 2.16. The fraction of sp³-hybridized carbons (Fsp3) is 0. The zero-order chi connectivity index (χ0) is 10.1. The van der Waals surface area contributed by atoms with Crippen LogP contribution in [0.5, 0.6) is 0 Å². The molecule has 14 heavy (non-hydrogen) atoms. The minimum atomic E-state index is -1.03. The third-order valence-corrected chi connectivity index (χ3v) is 2.48. The van der Waals surface area contributed by atoms with E-state index in [9.17, 15) is 4.79 Å². The predicted molar refractivity (Wildman–Crippen MR) is 56.4 cm³/mol. The van der Waals surface area contributed by atoms with Gasteiger partial charge in [-0.15, -0.1) is 0 Å². The fourth-order valence-electron chi connectivity index (χ4n) is 1.24. The van der Waals surface area contributed by atoms with Crippen LogP contribution in [0.3, 0.4) is 0 Å². The molecule has 1 aromatic heterocycles. The maximum absolute atomic E-state index is 10.8. The lowest BCUT2D eigenvalue weighted by atomic mass is 10.2. The van der Waals surface area contributed by atoms with Crippen LogP contribution < -0.4 is 0 Å². The number of aromatic carboxylic acids is 1. The SMILES string of the molecule is O=C(O)c1nc2ccccc2cc1Br. The van der Waals surface area contributed by atoms with E-state index in [0.717, 1.165) is 5.39 Å². The maximum Gasteiger partial charge on any atom is 0.355 e. The number of fused-ring (bicyclic) bond motifs is 1. The van der Waals surface area contributed by atoms with E-state index in [1.807, 2.05) is 18.2 Å². The molecular formula is C10H6BrNO2. The number of hydrogen-bond acceptors (Lipinski definition) is 2. The van der Waals surface area contributed by atoms with Gasteiger partial charge in [0, 0.05) is 5.39 Å². The van der Waals surface area contributed by atoms with E-state index in [-0.39, 0.29) is 5.69 Å². The standard InChI is InChI=1S/C10H6BrNO2/c11-7-5-6-3-1-2-4-8(6)12-9(7)10(13)14/h1-5H,(H,13,14). The Labute approximate surface area is 88.5 Å². The Morgan fingerprint density at radius 2 is 2.07 bits per heavy atom. The van der Waals surface area contributed by atoms with Crippen molar-refractivity contribution >= 4 is 32.8 Å². The first-order chi connectivity index (χ1) is 6.68. The van der Waals surface area contributed by atoms with Crippen LogP contribution in [0.25, 0.3) is 10.9 Å². The average molecular weight is 252 g/mol. The van der Waals surface area contributed by atoms with E-state index in [1.165, 1.54) is 0 Å². The van der Waals surface area contributed by atoms with Gasteiger partial charge in [-0.05, 0) is 28.1 Å². The first kappa shape index (κ1) is 9.15. The van der Waals surface area contributed by atoms with Crippen molar-refractivity contribution in [1.82, 2.24) is 4.98 Å². The Kier molecular flexibility index (Phi) is 2.21. The monoisotopic (exact) mass is 251 g/mol. The van der Waals surface area contributed by atoms with E-state index in [1.54, 1.807) is 12.1 Å². The number of pyridine rings is 1. The number of nitrogens with zero attached hydrogens (tertiary/aromatic N) is 1. The largest absolute Gasteiger partial charge is 0.476 e. The molecule has 0 unspecified atom stereocenters. The van der Waals surface area contributed by atoms with E-state index < -0.39 is 5.97 Å². The number of aromatic nitrogens is 1. The topological polar surface area (TPSA) is 50.2 Å². The molecule has 1 heterocycles. The number of carboxylic acid groups (broad SMARTS) is 1. The molecule has 0 saturated heterocycles. The molecule has 0 radical (unpaired) electrons. The summed E-state index contributed by atoms with van der Waals surface area (Å²) < 4.78 is 0.503. The van der Waals surface area contributed by atoms with Gasteiger partial charge in [0.05, 0.1) is 9.99 Å². The molecule has 0 aliphatic heterocycles. The normalized spacial score (nSPS) is 10.4. The van der Waals surface area contributed by atoms with Gasteiger partial charge in [-0.3, -0.25) is 0 Å². The second-order valence-corrected chi connectivity index (χ2v) is 3.67. The van der Waals surface area contributed by atoms with Crippen LogP contribution in [0.2, 0.25) is 0 Å². The molecule has 0 saturated carbocycles. The molecule has 1 N–H and O–H groups in total. The third-order valence-electron chi connectivity index (χ3n) is 1.88. The molecule has 0 amide bonds. The Balaban J connectivity index is 2.77. The van der Waals surface area contributed by atoms with Crippen LogP contribution in [0, 0.1) is 0 Å². The van der Waals surface area contributed by atoms with Gasteiger partial charge in [-0.25, -0.2) is 9.78 Å². The summed E-state index contributed by atoms with van der Waals surface area (Å²) in [7, 11) is 0. The first-order valence-electron chi connectivity index (χ1n) is 3.97. The summed E-state index contributed by atoms with van der Waals surface area (Å²) >= 11 is 3.17. The molecule has 0 atom stereocenters. The second-order valence-electron chi connectivity index (χ2n) is 2.82. The van der Waals surface area contributed by atoms with Crippen molar-refractivity contribution in [2.24, 2.45) is 0 Å². The molecule has 0 spiro atoms. The van der Waals surface area contributed by atoms with E-state index in [0.29, 0.717) is 9.99 Å². The minimum Gasteiger partial charge on any atom is -0.476 e. The van der Waals surface area contributed by atoms with Gasteiger partial charge in [0.1, 0.15) is 0 Å². The van der Waals surface area contributed by atoms with Gasteiger partial charge in [-0.1, -0.05) is 18.2 Å². The van der Waals surface area contributed by atoms with Crippen LogP contribution in [0.15, 0.2) is 34.8 Å². The van der Waals surface area contributed by atoms with Crippen molar-refractivity contribution in [3.8, 4) is 0 Å². The number of rotatable bonds is 1. The zero-order valence-electron chi connectivity index (χ0n) is 7.07. The van der Waals surface area contributed by atoms with E-state index in [4.69, 9.17) is 5.11 Å². The zero-order valence-corrected chi connectivity index (χ0v) is 8.65. The molecule has 3 nitrogen and oxygen atoms in total. The lowest BCUT2D eigenvalue weighted by Crippen LogP contribution is -2.01. The Morgan fingerprint density at radius 3 is 2.79 bits per heavy atom. The molecule has 0 aliphatic rings. The molecule has 1 aromatic carbocycles. The maximum atomic E-state index is 10.8. The van der Waals surface area contributed by atoms with Crippen molar-refractivity contribution in [3.63, 3.8) is 0 Å². The van der Waals surface area contributed by atoms with Gasteiger partial charge >= 0.3 is 5.97 Å². The summed E-state index contributed by atoms with van der Waals surface area (Å²) in [5.74, 6) is -1.03. The number of para-hydroxylation sites is 1. The van der Waals surface area contributed by atoms with E-state index >= 15 is 0 Å². The number of halogens is 1. The highest BCUT2D eigenvalue weighted by Gasteiger charge is 2.10. The molecule has 70 valence electrons. The highest BCUT2D eigenvalue weighted by atomic mass is 79.9. The Morgan fingerprint density at radius 1 is 1.36 bits per heavy atom. The Hall–Kier alpha value is -1.42. The summed E-state index contributed by atoms with van der Waals surface area (Å²) in [6, 6.07) is 9.14. The van der Waals surface area contributed by atoms with Crippen LogP contribution >= 0.6 is 15.9 Å². The molecule has 0 bridgehead atoms. The Bertz CT molecular complexity index is 510. The van der Waals surface area contributed by atoms with Gasteiger partial charge in [0.15, 0.2) is 5.69 Å². The van der Waals surface area contributed by atoms with Crippen molar-refractivity contribution in [1.29, 1.82) is 0 Å². The van der Waals surface area contributed by atoms with Crippen molar-refractivity contribution < 1.29 is 9.90 Å². The molecule has 4 heteroatoms. The summed E-state index contributed by atoms with van der Waals surface area (Å²) in [6.45, 7) is 0. The third kappa shape index (κ3) is 1.48. The van der Waals surface area contributed by atoms with E-state index in [2.05, 4.69) is 20.9 Å². The first-order valence-corrected chi connectivity index (χ1v) is 4.76.